The largest absolute Gasteiger partial charge is 0.256 e. The van der Waals surface area contributed by atoms with Crippen LogP contribution in [-0.4, -0.2) is 9.97 Å². The van der Waals surface area contributed by atoms with E-state index in [4.69, 9.17) is 9.97 Å². The van der Waals surface area contributed by atoms with Crippen molar-refractivity contribution in [2.45, 2.75) is 37.5 Å². The Morgan fingerprint density at radius 3 is 1.96 bits per heavy atom. The van der Waals surface area contributed by atoms with Crippen LogP contribution in [0.4, 0.5) is 0 Å². The Hall–Kier alpha value is -6.64. The second kappa shape index (κ2) is 14.9. The Bertz CT molecular complexity index is 2720. The number of pyridine rings is 2. The highest BCUT2D eigenvalue weighted by Crippen LogP contribution is 2.48. The zero-order valence-corrected chi connectivity index (χ0v) is 31.4. The molecule has 0 saturated carbocycles. The highest BCUT2D eigenvalue weighted by atomic mass is 14.7. The lowest BCUT2D eigenvalue weighted by Gasteiger charge is -2.30. The number of nitrogens with zero attached hydrogens (tertiary/aromatic N) is 2. The van der Waals surface area contributed by atoms with Crippen molar-refractivity contribution in [3.63, 3.8) is 0 Å². The van der Waals surface area contributed by atoms with Crippen molar-refractivity contribution in [1.29, 1.82) is 0 Å². The smallest absolute Gasteiger partial charge is 0.0702 e. The summed E-state index contributed by atoms with van der Waals surface area (Å²) in [7, 11) is 0. The molecule has 0 radical (unpaired) electrons. The van der Waals surface area contributed by atoms with E-state index in [-0.39, 0.29) is 5.92 Å². The Labute approximate surface area is 329 Å². The summed E-state index contributed by atoms with van der Waals surface area (Å²) in [6, 6.07) is 52.5. The molecule has 0 bridgehead atoms. The Balaban J connectivity index is 1.20. The SMILES string of the molecule is C1=CC(c2ccccn2)=CC(c2c3c(c(-c4cccc(-c5ccccn5)c4)c4ccccc24)CCC(C2=CC(c4ccccc4)CC(c4ccccc4)=C2)=C3)C1. The molecule has 3 aliphatic rings. The molecule has 2 heteroatoms. The van der Waals surface area contributed by atoms with Gasteiger partial charge >= 0.3 is 0 Å². The van der Waals surface area contributed by atoms with Crippen LogP contribution in [0.5, 0.6) is 0 Å². The number of hydrogen-bond acceptors (Lipinski definition) is 2. The minimum Gasteiger partial charge on any atom is -0.256 e. The molecule has 5 aromatic carbocycles. The molecule has 7 aromatic rings. The summed E-state index contributed by atoms with van der Waals surface area (Å²) < 4.78 is 0. The zero-order chi connectivity index (χ0) is 37.3. The molecule has 0 saturated heterocycles. The number of aromatic nitrogens is 2. The average Bonchev–Trinajstić information content (AvgIpc) is 3.29. The van der Waals surface area contributed by atoms with Crippen LogP contribution >= 0.6 is 0 Å². The summed E-state index contributed by atoms with van der Waals surface area (Å²) in [5.41, 5.74) is 18.0. The predicted molar refractivity (Wildman–Crippen MR) is 234 cm³/mol. The molecule has 268 valence electrons. The van der Waals surface area contributed by atoms with E-state index in [0.717, 1.165) is 42.6 Å². The van der Waals surface area contributed by atoms with Gasteiger partial charge in [0.25, 0.3) is 0 Å². The van der Waals surface area contributed by atoms with Crippen molar-refractivity contribution < 1.29 is 0 Å². The van der Waals surface area contributed by atoms with E-state index < -0.39 is 0 Å². The Morgan fingerprint density at radius 2 is 1.18 bits per heavy atom. The van der Waals surface area contributed by atoms with E-state index in [9.17, 15) is 0 Å². The third-order valence-corrected chi connectivity index (χ3v) is 11.8. The van der Waals surface area contributed by atoms with Crippen LogP contribution in [-0.2, 0) is 6.42 Å². The quantitative estimate of drug-likeness (QED) is 0.164. The fourth-order valence-electron chi connectivity index (χ4n) is 9.16. The summed E-state index contributed by atoms with van der Waals surface area (Å²) in [5.74, 6) is 0.509. The first-order valence-electron chi connectivity index (χ1n) is 19.9. The van der Waals surface area contributed by atoms with Gasteiger partial charge in [-0.1, -0.05) is 152 Å². The van der Waals surface area contributed by atoms with Crippen molar-refractivity contribution in [3.8, 4) is 22.4 Å². The monoisotopic (exact) mass is 718 g/mol. The number of hydrogen-bond donors (Lipinski definition) is 0. The minimum absolute atomic E-state index is 0.202. The molecule has 0 fully saturated rings. The fourth-order valence-corrected chi connectivity index (χ4v) is 9.16. The van der Waals surface area contributed by atoms with Crippen molar-refractivity contribution in [1.82, 2.24) is 9.97 Å². The predicted octanol–water partition coefficient (Wildman–Crippen LogP) is 13.6. The van der Waals surface area contributed by atoms with Crippen LogP contribution in [0.25, 0.3) is 50.4 Å². The maximum absolute atomic E-state index is 4.75. The van der Waals surface area contributed by atoms with E-state index in [2.05, 4.69) is 170 Å². The van der Waals surface area contributed by atoms with Crippen molar-refractivity contribution in [2.75, 3.05) is 0 Å². The van der Waals surface area contributed by atoms with E-state index in [0.29, 0.717) is 5.92 Å². The third kappa shape index (κ3) is 6.48. The highest BCUT2D eigenvalue weighted by molar-refractivity contribution is 6.04. The van der Waals surface area contributed by atoms with Gasteiger partial charge in [0, 0.05) is 29.8 Å². The molecule has 0 aliphatic heterocycles. The first-order chi connectivity index (χ1) is 27.8. The molecular formula is C54H42N2. The fraction of sp³-hybridized carbons (Fsp3) is 0.111. The van der Waals surface area contributed by atoms with Gasteiger partial charge in [-0.2, -0.15) is 0 Å². The molecule has 2 heterocycles. The van der Waals surface area contributed by atoms with Crippen LogP contribution < -0.4 is 0 Å². The maximum Gasteiger partial charge on any atom is 0.0702 e. The van der Waals surface area contributed by atoms with E-state index in [1.807, 2.05) is 24.5 Å². The Morgan fingerprint density at radius 1 is 0.500 bits per heavy atom. The molecule has 0 spiro atoms. The lowest BCUT2D eigenvalue weighted by molar-refractivity contribution is 0.840. The van der Waals surface area contributed by atoms with E-state index >= 15 is 0 Å². The second-order valence-corrected chi connectivity index (χ2v) is 15.2. The molecular weight excluding hydrogens is 677 g/mol. The molecule has 2 nitrogen and oxygen atoms in total. The summed E-state index contributed by atoms with van der Waals surface area (Å²) >= 11 is 0. The molecule has 56 heavy (non-hydrogen) atoms. The van der Waals surface area contributed by atoms with E-state index in [1.54, 1.807) is 0 Å². The molecule has 0 N–H and O–H groups in total. The van der Waals surface area contributed by atoms with Crippen molar-refractivity contribution in [3.05, 3.63) is 233 Å². The summed E-state index contributed by atoms with van der Waals surface area (Å²) in [6.07, 6.45) is 22.3. The van der Waals surface area contributed by atoms with Crippen molar-refractivity contribution >= 4 is 28.0 Å². The number of allylic oxidation sites excluding steroid dienone is 9. The molecule has 10 rings (SSSR count). The first-order valence-corrected chi connectivity index (χ1v) is 19.9. The highest BCUT2D eigenvalue weighted by Gasteiger charge is 2.29. The zero-order valence-electron chi connectivity index (χ0n) is 31.4. The summed E-state index contributed by atoms with van der Waals surface area (Å²) in [5, 5.41) is 2.63. The molecule has 2 atom stereocenters. The molecule has 0 amide bonds. The van der Waals surface area contributed by atoms with E-state index in [1.165, 1.54) is 72.0 Å². The lowest BCUT2D eigenvalue weighted by atomic mass is 9.73. The Kier molecular flexibility index (Phi) is 9.01. The van der Waals surface area contributed by atoms with Gasteiger partial charge in [-0.3, -0.25) is 9.97 Å². The van der Waals surface area contributed by atoms with Gasteiger partial charge in [0.2, 0.25) is 0 Å². The van der Waals surface area contributed by atoms with Crippen LogP contribution in [0.1, 0.15) is 64.6 Å². The lowest BCUT2D eigenvalue weighted by Crippen LogP contribution is -2.12. The second-order valence-electron chi connectivity index (χ2n) is 15.2. The van der Waals surface area contributed by atoms with Gasteiger partial charge in [-0.25, -0.2) is 0 Å². The van der Waals surface area contributed by atoms with Crippen LogP contribution in [0, 0.1) is 0 Å². The van der Waals surface area contributed by atoms with Crippen LogP contribution in [0.2, 0.25) is 0 Å². The number of fused-ring (bicyclic) bond motifs is 2. The topological polar surface area (TPSA) is 25.8 Å². The third-order valence-electron chi connectivity index (χ3n) is 11.8. The summed E-state index contributed by atoms with van der Waals surface area (Å²) in [6.45, 7) is 0. The van der Waals surface area contributed by atoms with Gasteiger partial charge in [-0.05, 0) is 128 Å². The molecule has 2 unspecified atom stereocenters. The van der Waals surface area contributed by atoms with Gasteiger partial charge in [0.05, 0.1) is 11.4 Å². The standard InChI is InChI=1S/C54H42N2/c1-3-15-37(16-4-1)44-33-45(38-17-5-2-6-18-38)35-46(34-44)39-27-28-49-50(36-39)54(43-22-14-20-41(32-43)52-26-10-12-30-56-52)48-24-8-7-23-47(48)53(49)42-21-13-19-40(31-42)51-25-9-11-29-55-51/h1-21,23-26,29-32,34-36,43-44H,22,27-28,33H2. The van der Waals surface area contributed by atoms with Crippen LogP contribution in [0.15, 0.2) is 200 Å². The van der Waals surface area contributed by atoms with Gasteiger partial charge in [0.15, 0.2) is 0 Å². The normalized spacial score (nSPS) is 17.7. The van der Waals surface area contributed by atoms with Crippen LogP contribution in [0.3, 0.4) is 0 Å². The van der Waals surface area contributed by atoms with Gasteiger partial charge in [-0.15, -0.1) is 0 Å². The first kappa shape index (κ1) is 33.9. The van der Waals surface area contributed by atoms with Gasteiger partial charge in [0.1, 0.15) is 0 Å². The van der Waals surface area contributed by atoms with Gasteiger partial charge < -0.3 is 0 Å². The average molecular weight is 719 g/mol. The maximum atomic E-state index is 4.75. The minimum atomic E-state index is 0.202. The van der Waals surface area contributed by atoms with Crippen molar-refractivity contribution in [2.24, 2.45) is 0 Å². The molecule has 3 aliphatic carbocycles. The molecule has 2 aromatic heterocycles. The number of rotatable bonds is 7. The summed E-state index contributed by atoms with van der Waals surface area (Å²) in [4.78, 5) is 9.47. The number of benzene rings is 5.